The van der Waals surface area contributed by atoms with Crippen LogP contribution in [0.15, 0.2) is 42.5 Å². The first-order valence-electron chi connectivity index (χ1n) is 10.2. The van der Waals surface area contributed by atoms with Crippen molar-refractivity contribution in [2.24, 2.45) is 0 Å². The summed E-state index contributed by atoms with van der Waals surface area (Å²) in [6.45, 7) is 5.31. The number of esters is 2. The Morgan fingerprint density at radius 3 is 2.21 bits per heavy atom. The van der Waals surface area contributed by atoms with E-state index in [0.717, 1.165) is 0 Å². The van der Waals surface area contributed by atoms with Crippen molar-refractivity contribution >= 4 is 24.5 Å². The lowest BCUT2D eigenvalue weighted by atomic mass is 9.77. The van der Waals surface area contributed by atoms with Crippen molar-refractivity contribution in [1.82, 2.24) is 9.78 Å². The summed E-state index contributed by atoms with van der Waals surface area (Å²) in [7, 11) is 0.554. The number of rotatable bonds is 7. The fourth-order valence-corrected chi connectivity index (χ4v) is 3.48. The van der Waals surface area contributed by atoms with Gasteiger partial charge >= 0.3 is 19.1 Å². The Labute approximate surface area is 191 Å². The molecule has 0 amide bonds. The number of methoxy groups -OCH3 is 2. The standard InChI is InChI=1S/C23H25BN2O7/c1-13(2)33-21-16(11-14(3)12-17(21)24(29)30)19-18(22(27)31-4)20(23(28)32-5)26(25-19)15-9-7-6-8-10-15/h6-13,29-30H,1-5H3. The Morgan fingerprint density at radius 2 is 1.67 bits per heavy atom. The van der Waals surface area contributed by atoms with Crippen molar-refractivity contribution in [3.63, 3.8) is 0 Å². The Hall–Kier alpha value is -3.63. The van der Waals surface area contributed by atoms with Crippen molar-refractivity contribution in [3.8, 4) is 22.7 Å². The van der Waals surface area contributed by atoms with Gasteiger partial charge in [0.25, 0.3) is 0 Å². The Bertz CT molecular complexity index is 1170. The third-order valence-corrected chi connectivity index (χ3v) is 4.80. The number of benzene rings is 2. The molecule has 172 valence electrons. The molecule has 10 heteroatoms. The normalized spacial score (nSPS) is 10.8. The van der Waals surface area contributed by atoms with Gasteiger partial charge in [0.15, 0.2) is 5.69 Å². The van der Waals surface area contributed by atoms with Crippen molar-refractivity contribution < 1.29 is 33.8 Å². The summed E-state index contributed by atoms with van der Waals surface area (Å²) in [5.74, 6) is -1.47. The van der Waals surface area contributed by atoms with Crippen LogP contribution in [0, 0.1) is 6.92 Å². The van der Waals surface area contributed by atoms with E-state index in [-0.39, 0.29) is 34.3 Å². The molecular weight excluding hydrogens is 427 g/mol. The predicted octanol–water partition coefficient (Wildman–Crippen LogP) is 1.89. The van der Waals surface area contributed by atoms with Crippen LogP contribution in [0.2, 0.25) is 0 Å². The summed E-state index contributed by atoms with van der Waals surface area (Å²) in [5.41, 5.74) is 1.38. The topological polar surface area (TPSA) is 120 Å². The molecule has 9 nitrogen and oxygen atoms in total. The number of carbonyl (C=O) groups excluding carboxylic acids is 2. The highest BCUT2D eigenvalue weighted by molar-refractivity contribution is 6.60. The lowest BCUT2D eigenvalue weighted by molar-refractivity contribution is 0.0549. The van der Waals surface area contributed by atoms with Crippen molar-refractivity contribution in [3.05, 3.63) is 59.3 Å². The van der Waals surface area contributed by atoms with Crippen LogP contribution in [0.3, 0.4) is 0 Å². The number of aromatic nitrogens is 2. The summed E-state index contributed by atoms with van der Waals surface area (Å²) in [5, 5.41) is 24.5. The summed E-state index contributed by atoms with van der Waals surface area (Å²) in [4.78, 5) is 25.7. The lowest BCUT2D eigenvalue weighted by Crippen LogP contribution is -2.33. The Balaban J connectivity index is 2.46. The average molecular weight is 452 g/mol. The molecule has 1 heterocycles. The zero-order valence-corrected chi connectivity index (χ0v) is 19.0. The molecule has 0 atom stereocenters. The summed E-state index contributed by atoms with van der Waals surface area (Å²) in [6, 6.07) is 12.0. The van der Waals surface area contributed by atoms with Crippen LogP contribution in [0.25, 0.3) is 16.9 Å². The zero-order valence-electron chi connectivity index (χ0n) is 19.0. The van der Waals surface area contributed by atoms with Gasteiger partial charge < -0.3 is 24.3 Å². The van der Waals surface area contributed by atoms with Gasteiger partial charge in [0.05, 0.1) is 26.0 Å². The molecule has 2 aromatic carbocycles. The predicted molar refractivity (Wildman–Crippen MR) is 122 cm³/mol. The molecule has 0 radical (unpaired) electrons. The number of hydrogen-bond donors (Lipinski definition) is 2. The van der Waals surface area contributed by atoms with Crippen LogP contribution in [0.4, 0.5) is 0 Å². The summed E-state index contributed by atoms with van der Waals surface area (Å²) >= 11 is 0. The molecule has 0 spiro atoms. The third kappa shape index (κ3) is 4.76. The highest BCUT2D eigenvalue weighted by atomic mass is 16.5. The molecule has 0 bridgehead atoms. The summed E-state index contributed by atoms with van der Waals surface area (Å²) < 4.78 is 17.1. The second-order valence-electron chi connectivity index (χ2n) is 7.57. The average Bonchev–Trinajstić information content (AvgIpc) is 3.19. The van der Waals surface area contributed by atoms with E-state index in [9.17, 15) is 19.6 Å². The minimum Gasteiger partial charge on any atom is -0.491 e. The van der Waals surface area contributed by atoms with Crippen LogP contribution in [0.1, 0.15) is 40.3 Å². The summed E-state index contributed by atoms with van der Waals surface area (Å²) in [6.07, 6.45) is -0.332. The van der Waals surface area contributed by atoms with Crippen LogP contribution >= 0.6 is 0 Å². The van der Waals surface area contributed by atoms with E-state index in [1.54, 1.807) is 63.2 Å². The fourth-order valence-electron chi connectivity index (χ4n) is 3.48. The molecule has 1 aromatic heterocycles. The highest BCUT2D eigenvalue weighted by Crippen LogP contribution is 2.35. The molecule has 0 aliphatic heterocycles. The van der Waals surface area contributed by atoms with E-state index in [4.69, 9.17) is 14.2 Å². The van der Waals surface area contributed by atoms with Crippen LogP contribution in [-0.4, -0.2) is 59.2 Å². The number of nitrogens with zero attached hydrogens (tertiary/aromatic N) is 2. The number of ether oxygens (including phenoxy) is 3. The molecule has 0 fully saturated rings. The van der Waals surface area contributed by atoms with Gasteiger partial charge in [-0.15, -0.1) is 0 Å². The molecule has 3 aromatic rings. The maximum absolute atomic E-state index is 12.9. The van der Waals surface area contributed by atoms with Crippen LogP contribution in [0.5, 0.6) is 5.75 Å². The second-order valence-corrected chi connectivity index (χ2v) is 7.57. The minimum atomic E-state index is -1.84. The Kier molecular flexibility index (Phi) is 7.20. The molecule has 0 saturated carbocycles. The fraction of sp³-hybridized carbons (Fsp3) is 0.261. The lowest BCUT2D eigenvalue weighted by Gasteiger charge is -2.19. The largest absolute Gasteiger partial charge is 0.492 e. The van der Waals surface area contributed by atoms with Gasteiger partial charge in [0.2, 0.25) is 0 Å². The van der Waals surface area contributed by atoms with Gasteiger partial charge in [-0.25, -0.2) is 14.3 Å². The van der Waals surface area contributed by atoms with Crippen molar-refractivity contribution in [2.45, 2.75) is 26.9 Å². The molecule has 2 N–H and O–H groups in total. The van der Waals surface area contributed by atoms with E-state index in [1.807, 2.05) is 0 Å². The van der Waals surface area contributed by atoms with Gasteiger partial charge in [0.1, 0.15) is 17.0 Å². The molecular formula is C23H25BN2O7. The quantitative estimate of drug-likeness (QED) is 0.412. The van der Waals surface area contributed by atoms with Gasteiger partial charge in [-0.2, -0.15) is 5.10 Å². The van der Waals surface area contributed by atoms with Crippen LogP contribution < -0.4 is 10.2 Å². The third-order valence-electron chi connectivity index (χ3n) is 4.80. The first-order chi connectivity index (χ1) is 15.7. The van der Waals surface area contributed by atoms with E-state index in [0.29, 0.717) is 16.8 Å². The molecule has 3 rings (SSSR count). The SMILES string of the molecule is COC(=O)c1c(-c2cc(C)cc(B(O)O)c2OC(C)C)nn(-c2ccccc2)c1C(=O)OC. The highest BCUT2D eigenvalue weighted by Gasteiger charge is 2.34. The first-order valence-corrected chi connectivity index (χ1v) is 10.2. The van der Waals surface area contributed by atoms with Gasteiger partial charge in [-0.3, -0.25) is 0 Å². The van der Waals surface area contributed by atoms with Crippen molar-refractivity contribution in [2.75, 3.05) is 14.2 Å². The smallest absolute Gasteiger partial charge is 0.491 e. The van der Waals surface area contributed by atoms with E-state index in [1.165, 1.54) is 18.9 Å². The maximum Gasteiger partial charge on any atom is 0.492 e. The molecule has 0 saturated heterocycles. The Morgan fingerprint density at radius 1 is 1.03 bits per heavy atom. The molecule has 0 aliphatic carbocycles. The second kappa shape index (κ2) is 9.89. The van der Waals surface area contributed by atoms with E-state index >= 15 is 0 Å². The molecule has 33 heavy (non-hydrogen) atoms. The number of aryl methyl sites for hydroxylation is 1. The van der Waals surface area contributed by atoms with Crippen molar-refractivity contribution in [1.29, 1.82) is 0 Å². The number of para-hydroxylation sites is 1. The minimum absolute atomic E-state index is 0.0763. The number of hydrogen-bond acceptors (Lipinski definition) is 8. The van der Waals surface area contributed by atoms with Gasteiger partial charge in [-0.05, 0) is 39.0 Å². The van der Waals surface area contributed by atoms with Gasteiger partial charge in [-0.1, -0.05) is 29.8 Å². The monoisotopic (exact) mass is 452 g/mol. The maximum atomic E-state index is 12.9. The molecule has 0 aliphatic rings. The zero-order chi connectivity index (χ0) is 24.3. The van der Waals surface area contributed by atoms with E-state index in [2.05, 4.69) is 5.10 Å². The van der Waals surface area contributed by atoms with E-state index < -0.39 is 19.1 Å². The number of carbonyl (C=O) groups is 2. The molecule has 0 unspecified atom stereocenters. The van der Waals surface area contributed by atoms with Crippen LogP contribution in [-0.2, 0) is 9.47 Å². The van der Waals surface area contributed by atoms with Gasteiger partial charge in [0, 0.05) is 11.0 Å². The first kappa shape index (κ1) is 24.0.